The molecule has 37 heavy (non-hydrogen) atoms. The van der Waals surface area contributed by atoms with Crippen molar-refractivity contribution in [3.63, 3.8) is 0 Å². The van der Waals surface area contributed by atoms with Crippen molar-refractivity contribution < 1.29 is 19.4 Å². The molecule has 2 aromatic rings. The lowest BCUT2D eigenvalue weighted by Gasteiger charge is -2.32. The van der Waals surface area contributed by atoms with Gasteiger partial charge in [0.05, 0.1) is 0 Å². The lowest BCUT2D eigenvalue weighted by molar-refractivity contribution is -0.156. The highest BCUT2D eigenvalue weighted by Crippen LogP contribution is 2.31. The Kier molecular flexibility index (Phi) is 13.7. The number of carboxylic acids is 1. The van der Waals surface area contributed by atoms with Crippen molar-refractivity contribution in [1.29, 1.82) is 0 Å². The number of esters is 1. The van der Waals surface area contributed by atoms with E-state index >= 15 is 0 Å². The number of carboxylic acid groups (broad SMARTS) is 1. The monoisotopic (exact) mass is 506 g/mol. The molecule has 0 saturated carbocycles. The van der Waals surface area contributed by atoms with E-state index in [4.69, 9.17) is 9.84 Å². The number of hydrogen-bond donors (Lipinski definition) is 1. The third-order valence-corrected chi connectivity index (χ3v) is 7.20. The Morgan fingerprint density at radius 3 is 1.68 bits per heavy atom. The highest BCUT2D eigenvalue weighted by atomic mass is 16.6. The molecule has 2 rings (SSSR count). The lowest BCUT2D eigenvalue weighted by atomic mass is 9.80. The fraction of sp³-hybridized carbons (Fsp3) is 0.455. The number of aliphatic carboxylic acids is 1. The zero-order valence-electron chi connectivity index (χ0n) is 23.7. The van der Waals surface area contributed by atoms with Gasteiger partial charge >= 0.3 is 11.9 Å². The first-order valence-corrected chi connectivity index (χ1v) is 13.4. The van der Waals surface area contributed by atoms with Gasteiger partial charge in [-0.2, -0.15) is 0 Å². The zero-order chi connectivity index (χ0) is 27.9. The lowest BCUT2D eigenvalue weighted by Crippen LogP contribution is -2.34. The number of benzene rings is 2. The van der Waals surface area contributed by atoms with Crippen molar-refractivity contribution in [3.8, 4) is 0 Å². The minimum absolute atomic E-state index is 0.0433. The third kappa shape index (κ3) is 11.6. The van der Waals surface area contributed by atoms with Gasteiger partial charge in [-0.3, -0.25) is 0 Å². The molecule has 2 aromatic carbocycles. The molecule has 0 radical (unpaired) electrons. The molecule has 4 heteroatoms. The Balaban J connectivity index is 0.000000371. The number of hydrogen-bond acceptors (Lipinski definition) is 3. The van der Waals surface area contributed by atoms with Gasteiger partial charge in [0.2, 0.25) is 0 Å². The molecule has 1 unspecified atom stereocenters. The van der Waals surface area contributed by atoms with Crippen molar-refractivity contribution >= 4 is 11.9 Å². The van der Waals surface area contributed by atoms with E-state index in [9.17, 15) is 9.59 Å². The summed E-state index contributed by atoms with van der Waals surface area (Å²) in [5.74, 6) is -1.11. The van der Waals surface area contributed by atoms with Crippen molar-refractivity contribution in [2.75, 3.05) is 0 Å². The molecule has 0 amide bonds. The Labute approximate surface area is 224 Å². The van der Waals surface area contributed by atoms with Crippen LogP contribution in [0.2, 0.25) is 0 Å². The van der Waals surface area contributed by atoms with Crippen LogP contribution in [0.15, 0.2) is 84.5 Å². The van der Waals surface area contributed by atoms with Crippen molar-refractivity contribution in [2.45, 2.75) is 92.1 Å². The molecule has 0 saturated heterocycles. The first kappa shape index (κ1) is 31.9. The van der Waals surface area contributed by atoms with Crippen LogP contribution < -0.4 is 0 Å². The van der Waals surface area contributed by atoms with E-state index in [0.717, 1.165) is 44.9 Å². The average molecular weight is 507 g/mol. The van der Waals surface area contributed by atoms with Gasteiger partial charge < -0.3 is 9.84 Å². The van der Waals surface area contributed by atoms with E-state index in [0.29, 0.717) is 11.1 Å². The summed E-state index contributed by atoms with van der Waals surface area (Å²) in [6.07, 6.45) is 8.23. The molecule has 0 heterocycles. The van der Waals surface area contributed by atoms with Crippen LogP contribution in [0.5, 0.6) is 0 Å². The molecular weight excluding hydrogens is 460 g/mol. The largest absolute Gasteiger partial charge is 0.478 e. The maximum absolute atomic E-state index is 11.8. The van der Waals surface area contributed by atoms with Crippen LogP contribution in [-0.2, 0) is 27.2 Å². The summed E-state index contributed by atoms with van der Waals surface area (Å²) in [4.78, 5) is 22.7. The molecular formula is C33H46O4. The molecule has 4 nitrogen and oxygen atoms in total. The number of carbonyl (C=O) groups is 2. The van der Waals surface area contributed by atoms with Gasteiger partial charge in [-0.05, 0) is 75.3 Å². The van der Waals surface area contributed by atoms with Gasteiger partial charge in [-0.25, -0.2) is 9.59 Å². The molecule has 0 bridgehead atoms. The van der Waals surface area contributed by atoms with Gasteiger partial charge in [0.1, 0.15) is 5.60 Å². The van der Waals surface area contributed by atoms with Crippen molar-refractivity contribution in [3.05, 3.63) is 95.6 Å². The van der Waals surface area contributed by atoms with E-state index < -0.39 is 5.97 Å². The van der Waals surface area contributed by atoms with Crippen LogP contribution in [0.3, 0.4) is 0 Å². The van der Waals surface area contributed by atoms with Crippen molar-refractivity contribution in [1.82, 2.24) is 0 Å². The minimum Gasteiger partial charge on any atom is -0.478 e. The average Bonchev–Trinajstić information content (AvgIpc) is 2.91. The van der Waals surface area contributed by atoms with Gasteiger partial charge in [0.25, 0.3) is 0 Å². The van der Waals surface area contributed by atoms with E-state index in [2.05, 4.69) is 58.5 Å². The predicted octanol–water partition coefficient (Wildman–Crippen LogP) is 8.36. The summed E-state index contributed by atoms with van der Waals surface area (Å²) in [6, 6.07) is 20.6. The Hall–Kier alpha value is -3.14. The van der Waals surface area contributed by atoms with E-state index in [1.165, 1.54) is 11.1 Å². The maximum Gasteiger partial charge on any atom is 0.333 e. The first-order chi connectivity index (χ1) is 17.5. The second-order valence-corrected chi connectivity index (χ2v) is 10.2. The smallest absolute Gasteiger partial charge is 0.333 e. The fourth-order valence-corrected chi connectivity index (χ4v) is 4.11. The highest BCUT2D eigenvalue weighted by Gasteiger charge is 2.30. The summed E-state index contributed by atoms with van der Waals surface area (Å²) in [5.41, 5.74) is 3.07. The molecule has 0 aliphatic heterocycles. The molecule has 0 spiro atoms. The number of ether oxygens (including phenoxy) is 1. The van der Waals surface area contributed by atoms with Crippen LogP contribution in [0.25, 0.3) is 0 Å². The normalized spacial score (nSPS) is 13.1. The minimum atomic E-state index is -0.825. The van der Waals surface area contributed by atoms with Crippen LogP contribution in [0.4, 0.5) is 0 Å². The molecule has 0 aliphatic rings. The standard InChI is InChI=1S/C17H24O2.C16H22O2/c1-5-17(6-2,19-16(18)14(3)4)13-12-15-10-8-7-9-11-15;1-4-16(3,12-13(2)15(17)18)11-10-14-8-6-5-7-9-14/h7-11H,3,5-6,12-13H2,1-2,4H3;5-9,12H,4,10-11H2,1-3H3,(H,17,18). The third-order valence-electron chi connectivity index (χ3n) is 7.20. The Morgan fingerprint density at radius 1 is 0.838 bits per heavy atom. The van der Waals surface area contributed by atoms with E-state index in [-0.39, 0.29) is 17.0 Å². The SMILES string of the molecule is C=C(C)C(=O)OC(CC)(CC)CCc1ccccc1.CCC(C)(C=C(C)C(=O)O)CCc1ccccc1. The molecule has 0 aliphatic carbocycles. The van der Waals surface area contributed by atoms with Gasteiger partial charge in [-0.15, -0.1) is 0 Å². The van der Waals surface area contributed by atoms with Crippen LogP contribution >= 0.6 is 0 Å². The highest BCUT2D eigenvalue weighted by molar-refractivity contribution is 5.87. The first-order valence-electron chi connectivity index (χ1n) is 13.4. The number of allylic oxidation sites excluding steroid dienone is 1. The number of aryl methyl sites for hydroxylation is 2. The molecule has 0 fully saturated rings. The maximum atomic E-state index is 11.8. The fourth-order valence-electron chi connectivity index (χ4n) is 4.11. The summed E-state index contributed by atoms with van der Waals surface area (Å²) < 4.78 is 5.68. The van der Waals surface area contributed by atoms with Crippen LogP contribution in [-0.4, -0.2) is 22.6 Å². The second kappa shape index (κ2) is 15.9. The predicted molar refractivity (Wildman–Crippen MR) is 154 cm³/mol. The van der Waals surface area contributed by atoms with Crippen molar-refractivity contribution in [2.24, 2.45) is 5.41 Å². The summed E-state index contributed by atoms with van der Waals surface area (Å²) >= 11 is 0. The number of carbonyl (C=O) groups excluding carboxylic acids is 1. The summed E-state index contributed by atoms with van der Waals surface area (Å²) in [5, 5.41) is 8.96. The molecule has 1 atom stereocenters. The topological polar surface area (TPSA) is 63.6 Å². The molecule has 1 N–H and O–H groups in total. The molecule has 202 valence electrons. The van der Waals surface area contributed by atoms with Crippen LogP contribution in [0, 0.1) is 5.41 Å². The van der Waals surface area contributed by atoms with Gasteiger partial charge in [-0.1, -0.05) is 101 Å². The Morgan fingerprint density at radius 2 is 1.30 bits per heavy atom. The zero-order valence-corrected chi connectivity index (χ0v) is 23.7. The summed E-state index contributed by atoms with van der Waals surface area (Å²) in [6.45, 7) is 15.4. The Bertz CT molecular complexity index is 1000. The quantitative estimate of drug-likeness (QED) is 0.219. The van der Waals surface area contributed by atoms with Gasteiger partial charge in [0.15, 0.2) is 0 Å². The molecule has 0 aromatic heterocycles. The summed E-state index contributed by atoms with van der Waals surface area (Å²) in [7, 11) is 0. The second-order valence-electron chi connectivity index (χ2n) is 10.2. The van der Waals surface area contributed by atoms with Crippen LogP contribution in [0.1, 0.15) is 84.8 Å². The number of rotatable bonds is 13. The van der Waals surface area contributed by atoms with Gasteiger partial charge in [0, 0.05) is 11.1 Å². The van der Waals surface area contributed by atoms with E-state index in [1.54, 1.807) is 13.8 Å². The van der Waals surface area contributed by atoms with E-state index in [1.807, 2.05) is 42.5 Å².